The molecule has 1 rings (SSSR count). The zero-order valence-electron chi connectivity index (χ0n) is 28.1. The first kappa shape index (κ1) is 41.4. The summed E-state index contributed by atoms with van der Waals surface area (Å²) in [5, 5.41) is 53.6. The third-order valence-electron chi connectivity index (χ3n) is 8.22. The van der Waals surface area contributed by atoms with E-state index in [0.29, 0.717) is 6.42 Å². The molecule has 7 unspecified atom stereocenters. The van der Waals surface area contributed by atoms with Gasteiger partial charge in [0, 0.05) is 6.42 Å². The monoisotopic (exact) mass is 639 g/mol. The third-order valence-corrected chi connectivity index (χ3v) is 8.22. The van der Waals surface area contributed by atoms with Crippen molar-refractivity contribution in [3.05, 3.63) is 36.5 Å². The molecule has 262 valence electrons. The number of carbonyl (C=O) groups excluding carboxylic acids is 1. The highest BCUT2D eigenvalue weighted by molar-refractivity contribution is 5.76. The van der Waals surface area contributed by atoms with Gasteiger partial charge in [0.1, 0.15) is 24.4 Å². The van der Waals surface area contributed by atoms with Gasteiger partial charge in [-0.3, -0.25) is 4.79 Å². The zero-order chi connectivity index (χ0) is 33.1. The highest BCUT2D eigenvalue weighted by Gasteiger charge is 2.44. The number of aliphatic hydroxyl groups is 5. The second kappa shape index (κ2) is 27.5. The van der Waals surface area contributed by atoms with E-state index in [9.17, 15) is 30.3 Å². The Morgan fingerprint density at radius 1 is 0.756 bits per heavy atom. The summed E-state index contributed by atoms with van der Waals surface area (Å²) in [5.41, 5.74) is 0. The Kier molecular flexibility index (Phi) is 25.3. The van der Waals surface area contributed by atoms with Crippen LogP contribution in [-0.2, 0) is 14.3 Å². The van der Waals surface area contributed by atoms with Gasteiger partial charge in [-0.15, -0.1) is 0 Å². The van der Waals surface area contributed by atoms with Crippen LogP contribution in [0.4, 0.5) is 0 Å². The Morgan fingerprint density at radius 2 is 1.31 bits per heavy atom. The molecule has 0 aromatic rings. The zero-order valence-corrected chi connectivity index (χ0v) is 28.1. The van der Waals surface area contributed by atoms with E-state index in [0.717, 1.165) is 32.1 Å². The third kappa shape index (κ3) is 19.6. The minimum absolute atomic E-state index is 0.212. The van der Waals surface area contributed by atoms with E-state index in [2.05, 4.69) is 31.3 Å². The van der Waals surface area contributed by atoms with Crippen LogP contribution >= 0.6 is 0 Å². The largest absolute Gasteiger partial charge is 0.394 e. The van der Waals surface area contributed by atoms with Crippen LogP contribution in [0.1, 0.15) is 129 Å². The quantitative estimate of drug-likeness (QED) is 0.0519. The number of amides is 1. The molecule has 7 atom stereocenters. The maximum Gasteiger partial charge on any atom is 0.220 e. The minimum Gasteiger partial charge on any atom is -0.394 e. The van der Waals surface area contributed by atoms with Crippen molar-refractivity contribution < 1.29 is 39.8 Å². The van der Waals surface area contributed by atoms with Crippen LogP contribution in [-0.4, -0.2) is 87.5 Å². The van der Waals surface area contributed by atoms with Crippen molar-refractivity contribution in [2.75, 3.05) is 13.2 Å². The van der Waals surface area contributed by atoms with E-state index in [1.54, 1.807) is 6.08 Å². The van der Waals surface area contributed by atoms with Gasteiger partial charge in [-0.2, -0.15) is 0 Å². The molecule has 0 aromatic heterocycles. The van der Waals surface area contributed by atoms with Crippen molar-refractivity contribution in [3.63, 3.8) is 0 Å². The lowest BCUT2D eigenvalue weighted by molar-refractivity contribution is -0.302. The topological polar surface area (TPSA) is 149 Å². The molecular weight excluding hydrogens is 574 g/mol. The number of hydrogen-bond acceptors (Lipinski definition) is 8. The number of allylic oxidation sites excluding steroid dienone is 5. The van der Waals surface area contributed by atoms with Crippen LogP contribution in [0.3, 0.4) is 0 Å². The molecule has 1 heterocycles. The number of ether oxygens (including phenoxy) is 2. The molecule has 1 aliphatic rings. The molecule has 6 N–H and O–H groups in total. The average molecular weight is 640 g/mol. The summed E-state index contributed by atoms with van der Waals surface area (Å²) in [4.78, 5) is 12.8. The van der Waals surface area contributed by atoms with Crippen molar-refractivity contribution >= 4 is 5.91 Å². The SMILES string of the molecule is CCCCCCCC/C=C\C/C=C\CCC(=O)NC(COC1OC(CO)C(O)C(O)C1O)C(O)/C=C/CCCCCCCCC. The summed E-state index contributed by atoms with van der Waals surface area (Å²) >= 11 is 0. The molecule has 0 spiro atoms. The number of rotatable bonds is 27. The summed E-state index contributed by atoms with van der Waals surface area (Å²) in [6.45, 7) is 3.65. The van der Waals surface area contributed by atoms with Crippen LogP contribution in [0, 0.1) is 0 Å². The maximum atomic E-state index is 12.8. The summed E-state index contributed by atoms with van der Waals surface area (Å²) in [7, 11) is 0. The Hall–Kier alpha value is -1.59. The molecule has 0 radical (unpaired) electrons. The standard InChI is InChI=1S/C36H65NO8/c1-3-5-7-9-11-13-14-15-16-18-20-22-24-26-32(40)37-29(30(39)25-23-21-19-17-12-10-8-6-4-2)28-44-36-35(43)34(42)33(41)31(27-38)45-36/h15-16,20,22-23,25,29-31,33-36,38-39,41-43H,3-14,17-19,21,24,26-28H2,1-2H3,(H,37,40)/b16-15-,22-20-,25-23+. The van der Waals surface area contributed by atoms with Crippen molar-refractivity contribution in [1.82, 2.24) is 5.32 Å². The molecule has 0 saturated carbocycles. The van der Waals surface area contributed by atoms with E-state index < -0.39 is 49.5 Å². The van der Waals surface area contributed by atoms with Crippen LogP contribution in [0.15, 0.2) is 36.5 Å². The molecule has 1 fully saturated rings. The van der Waals surface area contributed by atoms with Gasteiger partial charge in [-0.1, -0.05) is 121 Å². The van der Waals surface area contributed by atoms with E-state index in [4.69, 9.17) is 9.47 Å². The fourth-order valence-electron chi connectivity index (χ4n) is 5.26. The molecular formula is C36H65NO8. The fraction of sp³-hybridized carbons (Fsp3) is 0.806. The first-order valence-electron chi connectivity index (χ1n) is 17.7. The van der Waals surface area contributed by atoms with Crippen molar-refractivity contribution in [2.45, 2.75) is 172 Å². The predicted molar refractivity (Wildman–Crippen MR) is 180 cm³/mol. The summed E-state index contributed by atoms with van der Waals surface area (Å²) in [5.74, 6) is -0.250. The Balaban J connectivity index is 2.55. The lowest BCUT2D eigenvalue weighted by Crippen LogP contribution is -2.60. The molecule has 0 bridgehead atoms. The van der Waals surface area contributed by atoms with Crippen LogP contribution in [0.25, 0.3) is 0 Å². The molecule has 1 amide bonds. The van der Waals surface area contributed by atoms with Crippen molar-refractivity contribution in [2.24, 2.45) is 0 Å². The van der Waals surface area contributed by atoms with Gasteiger partial charge in [-0.05, 0) is 38.5 Å². The molecule has 0 aromatic carbocycles. The van der Waals surface area contributed by atoms with Gasteiger partial charge in [0.2, 0.25) is 5.91 Å². The number of nitrogens with one attached hydrogen (secondary N) is 1. The number of hydrogen-bond donors (Lipinski definition) is 6. The van der Waals surface area contributed by atoms with E-state index >= 15 is 0 Å². The Morgan fingerprint density at radius 3 is 1.91 bits per heavy atom. The first-order valence-corrected chi connectivity index (χ1v) is 17.7. The van der Waals surface area contributed by atoms with Gasteiger partial charge >= 0.3 is 0 Å². The van der Waals surface area contributed by atoms with E-state index in [1.807, 2.05) is 18.2 Å². The van der Waals surface area contributed by atoms with Gasteiger partial charge in [0.25, 0.3) is 0 Å². The maximum absolute atomic E-state index is 12.8. The molecule has 9 nitrogen and oxygen atoms in total. The smallest absolute Gasteiger partial charge is 0.220 e. The highest BCUT2D eigenvalue weighted by Crippen LogP contribution is 2.22. The van der Waals surface area contributed by atoms with Crippen molar-refractivity contribution in [3.8, 4) is 0 Å². The lowest BCUT2D eigenvalue weighted by atomic mass is 9.99. The number of carbonyl (C=O) groups is 1. The summed E-state index contributed by atoms with van der Waals surface area (Å²) < 4.78 is 11.1. The number of aliphatic hydroxyl groups excluding tert-OH is 5. The normalized spacial score (nSPS) is 23.8. The van der Waals surface area contributed by atoms with Gasteiger partial charge < -0.3 is 40.3 Å². The molecule has 0 aliphatic carbocycles. The summed E-state index contributed by atoms with van der Waals surface area (Å²) in [6, 6.07) is -0.830. The highest BCUT2D eigenvalue weighted by atomic mass is 16.7. The van der Waals surface area contributed by atoms with Gasteiger partial charge in [0.05, 0.1) is 25.4 Å². The number of unbranched alkanes of at least 4 members (excludes halogenated alkanes) is 13. The Bertz CT molecular complexity index is 802. The van der Waals surface area contributed by atoms with Gasteiger partial charge in [0.15, 0.2) is 6.29 Å². The minimum atomic E-state index is -1.57. The van der Waals surface area contributed by atoms with Crippen LogP contribution in [0.2, 0.25) is 0 Å². The van der Waals surface area contributed by atoms with Crippen LogP contribution in [0.5, 0.6) is 0 Å². The fourth-order valence-corrected chi connectivity index (χ4v) is 5.26. The Labute approximate surface area is 272 Å². The second-order valence-electron chi connectivity index (χ2n) is 12.3. The lowest BCUT2D eigenvalue weighted by Gasteiger charge is -2.40. The molecule has 45 heavy (non-hydrogen) atoms. The average Bonchev–Trinajstić information content (AvgIpc) is 3.04. The first-order chi connectivity index (χ1) is 21.8. The van der Waals surface area contributed by atoms with Gasteiger partial charge in [-0.25, -0.2) is 0 Å². The second-order valence-corrected chi connectivity index (χ2v) is 12.3. The molecule has 9 heteroatoms. The molecule has 1 aliphatic heterocycles. The molecule has 1 saturated heterocycles. The summed E-state index contributed by atoms with van der Waals surface area (Å²) in [6.07, 6.45) is 23.5. The van der Waals surface area contributed by atoms with Crippen LogP contribution < -0.4 is 5.32 Å². The van der Waals surface area contributed by atoms with E-state index in [-0.39, 0.29) is 18.9 Å². The van der Waals surface area contributed by atoms with Crippen molar-refractivity contribution in [1.29, 1.82) is 0 Å². The van der Waals surface area contributed by atoms with E-state index in [1.165, 1.54) is 70.6 Å². The predicted octanol–water partition coefficient (Wildman–Crippen LogP) is 5.38.